The summed E-state index contributed by atoms with van der Waals surface area (Å²) in [6.45, 7) is 1.25. The first kappa shape index (κ1) is 13.1. The summed E-state index contributed by atoms with van der Waals surface area (Å²) in [5.41, 5.74) is -1.31. The van der Waals surface area contributed by atoms with Crippen molar-refractivity contribution in [2.24, 2.45) is 0 Å². The van der Waals surface area contributed by atoms with E-state index >= 15 is 0 Å². The molecule has 5 nitrogen and oxygen atoms in total. The fraction of sp³-hybridized carbons (Fsp3) is 0.182. The Balaban J connectivity index is 2.51. The number of hydrogen-bond acceptors (Lipinski definition) is 3. The van der Waals surface area contributed by atoms with E-state index in [-0.39, 0.29) is 11.3 Å². The second kappa shape index (κ2) is 4.08. The lowest BCUT2D eigenvalue weighted by Crippen LogP contribution is -2.31. The molecular weight excluding hydrogens is 265 g/mol. The minimum atomic E-state index is -4.61. The first-order valence-corrected chi connectivity index (χ1v) is 5.09. The predicted molar refractivity (Wildman–Crippen MR) is 57.2 cm³/mol. The van der Waals surface area contributed by atoms with E-state index in [4.69, 9.17) is 0 Å². The van der Waals surface area contributed by atoms with E-state index in [0.717, 1.165) is 6.07 Å². The van der Waals surface area contributed by atoms with Crippen LogP contribution in [0.15, 0.2) is 18.2 Å². The molecule has 19 heavy (non-hydrogen) atoms. The van der Waals surface area contributed by atoms with Gasteiger partial charge in [-0.05, 0) is 24.6 Å². The van der Waals surface area contributed by atoms with Crippen molar-refractivity contribution in [2.45, 2.75) is 13.1 Å². The zero-order chi connectivity index (χ0) is 14.4. The average molecular weight is 272 g/mol. The maximum absolute atomic E-state index is 12.7. The van der Waals surface area contributed by atoms with Crippen LogP contribution >= 0.6 is 0 Å². The third kappa shape index (κ3) is 2.16. The molecule has 0 radical (unpaired) electrons. The smallest absolute Gasteiger partial charge is 0.269 e. The van der Waals surface area contributed by atoms with Crippen LogP contribution in [0.3, 0.4) is 0 Å². The molecule has 1 saturated heterocycles. The third-order valence-electron chi connectivity index (χ3n) is 2.61. The number of imide groups is 2. The maximum atomic E-state index is 12.7. The van der Waals surface area contributed by atoms with E-state index < -0.39 is 29.6 Å². The molecule has 4 amide bonds. The van der Waals surface area contributed by atoms with Gasteiger partial charge in [0.15, 0.2) is 0 Å². The number of carbonyl (C=O) groups is 3. The molecule has 1 aliphatic rings. The van der Waals surface area contributed by atoms with Crippen LogP contribution in [0.4, 0.5) is 23.7 Å². The van der Waals surface area contributed by atoms with Crippen LogP contribution in [0.5, 0.6) is 0 Å². The molecule has 2 rings (SSSR count). The molecule has 1 aromatic carbocycles. The summed E-state index contributed by atoms with van der Waals surface area (Å²) in [6.07, 6.45) is -4.61. The van der Waals surface area contributed by atoms with Crippen molar-refractivity contribution in [3.05, 3.63) is 29.3 Å². The van der Waals surface area contributed by atoms with Crippen molar-refractivity contribution < 1.29 is 27.6 Å². The fourth-order valence-electron chi connectivity index (χ4n) is 1.69. The van der Waals surface area contributed by atoms with Gasteiger partial charge in [-0.3, -0.25) is 14.9 Å². The first-order valence-electron chi connectivity index (χ1n) is 5.09. The zero-order valence-electron chi connectivity index (χ0n) is 9.54. The lowest BCUT2D eigenvalue weighted by molar-refractivity contribution is -0.138. The number of anilines is 1. The second-order valence-electron chi connectivity index (χ2n) is 3.90. The van der Waals surface area contributed by atoms with E-state index in [1.807, 2.05) is 0 Å². The standard InChI is InChI=1S/C11H7F3N2O3/c1-5-2-3-6(4-7(5)11(12,13)14)16-9(18)8(17)15-10(16)19/h2-4H,1H3,(H,15,17,19). The molecule has 1 aliphatic heterocycles. The number of carbonyl (C=O) groups excluding carboxylic acids is 3. The molecule has 0 bridgehead atoms. The predicted octanol–water partition coefficient (Wildman–Crippen LogP) is 1.60. The summed E-state index contributed by atoms with van der Waals surface area (Å²) in [4.78, 5) is 34.1. The SMILES string of the molecule is Cc1ccc(N2C(=O)NC(=O)C2=O)cc1C(F)(F)F. The Morgan fingerprint density at radius 2 is 1.79 bits per heavy atom. The molecule has 1 heterocycles. The highest BCUT2D eigenvalue weighted by Crippen LogP contribution is 2.34. The Morgan fingerprint density at radius 3 is 2.26 bits per heavy atom. The molecule has 1 aromatic rings. The first-order chi connectivity index (χ1) is 8.71. The molecule has 1 fully saturated rings. The van der Waals surface area contributed by atoms with Crippen LogP contribution in [-0.2, 0) is 15.8 Å². The van der Waals surface area contributed by atoms with Gasteiger partial charge in [-0.2, -0.15) is 13.2 Å². The van der Waals surface area contributed by atoms with Crippen LogP contribution in [0.25, 0.3) is 0 Å². The number of benzene rings is 1. The number of rotatable bonds is 1. The number of amides is 4. The number of hydrogen-bond donors (Lipinski definition) is 1. The van der Waals surface area contributed by atoms with Gasteiger partial charge in [0.25, 0.3) is 0 Å². The number of nitrogens with one attached hydrogen (secondary N) is 1. The number of halogens is 3. The van der Waals surface area contributed by atoms with E-state index in [9.17, 15) is 27.6 Å². The van der Waals surface area contributed by atoms with Crippen molar-refractivity contribution in [1.29, 1.82) is 0 Å². The van der Waals surface area contributed by atoms with Gasteiger partial charge in [-0.1, -0.05) is 6.07 Å². The second-order valence-corrected chi connectivity index (χ2v) is 3.90. The highest BCUT2D eigenvalue weighted by Gasteiger charge is 2.40. The van der Waals surface area contributed by atoms with Crippen molar-refractivity contribution in [3.8, 4) is 0 Å². The summed E-state index contributed by atoms with van der Waals surface area (Å²) in [5.74, 6) is -2.37. The van der Waals surface area contributed by atoms with Gasteiger partial charge < -0.3 is 0 Å². The quantitative estimate of drug-likeness (QED) is 0.623. The Hall–Kier alpha value is -2.38. The Labute approximate surface area is 105 Å². The molecule has 100 valence electrons. The minimum Gasteiger partial charge on any atom is -0.269 e. The lowest BCUT2D eigenvalue weighted by Gasteiger charge is -2.16. The van der Waals surface area contributed by atoms with E-state index in [0.29, 0.717) is 11.0 Å². The van der Waals surface area contributed by atoms with Crippen LogP contribution < -0.4 is 10.2 Å². The average Bonchev–Trinajstić information content (AvgIpc) is 2.53. The molecule has 8 heteroatoms. The summed E-state index contributed by atoms with van der Waals surface area (Å²) < 4.78 is 38.1. The van der Waals surface area contributed by atoms with E-state index in [2.05, 4.69) is 0 Å². The van der Waals surface area contributed by atoms with Crippen LogP contribution in [-0.4, -0.2) is 17.8 Å². The monoisotopic (exact) mass is 272 g/mol. The van der Waals surface area contributed by atoms with Gasteiger partial charge in [0.05, 0.1) is 11.3 Å². The number of alkyl halides is 3. The summed E-state index contributed by atoms with van der Waals surface area (Å²) in [6, 6.07) is 1.89. The summed E-state index contributed by atoms with van der Waals surface area (Å²) >= 11 is 0. The van der Waals surface area contributed by atoms with E-state index in [1.165, 1.54) is 13.0 Å². The van der Waals surface area contributed by atoms with Crippen LogP contribution in [0.1, 0.15) is 11.1 Å². The molecule has 0 unspecified atom stereocenters. The Bertz CT molecular complexity index is 595. The third-order valence-corrected chi connectivity index (χ3v) is 2.61. The highest BCUT2D eigenvalue weighted by atomic mass is 19.4. The topological polar surface area (TPSA) is 66.5 Å². The van der Waals surface area contributed by atoms with Crippen molar-refractivity contribution in [2.75, 3.05) is 4.90 Å². The Kier molecular flexibility index (Phi) is 2.80. The normalized spacial score (nSPS) is 16.0. The van der Waals surface area contributed by atoms with Gasteiger partial charge >= 0.3 is 24.0 Å². The molecule has 1 N–H and O–H groups in total. The number of aryl methyl sites for hydroxylation is 1. The highest BCUT2D eigenvalue weighted by molar-refractivity contribution is 6.53. The van der Waals surface area contributed by atoms with Gasteiger partial charge in [-0.25, -0.2) is 9.69 Å². The fourth-order valence-corrected chi connectivity index (χ4v) is 1.69. The van der Waals surface area contributed by atoms with Crippen molar-refractivity contribution in [1.82, 2.24) is 5.32 Å². The molecule has 0 atom stereocenters. The summed E-state index contributed by atoms with van der Waals surface area (Å²) in [7, 11) is 0. The van der Waals surface area contributed by atoms with Gasteiger partial charge in [0, 0.05) is 0 Å². The molecule has 0 aliphatic carbocycles. The Morgan fingerprint density at radius 1 is 1.16 bits per heavy atom. The van der Waals surface area contributed by atoms with Gasteiger partial charge in [0.2, 0.25) is 0 Å². The van der Waals surface area contributed by atoms with Crippen LogP contribution in [0.2, 0.25) is 0 Å². The zero-order valence-corrected chi connectivity index (χ0v) is 9.54. The minimum absolute atomic E-state index is 0.0466. The summed E-state index contributed by atoms with van der Waals surface area (Å²) in [5, 5.41) is 1.71. The molecule has 0 aromatic heterocycles. The number of nitrogens with zero attached hydrogens (tertiary/aromatic N) is 1. The van der Waals surface area contributed by atoms with Crippen molar-refractivity contribution >= 4 is 23.5 Å². The largest absolute Gasteiger partial charge is 0.416 e. The molecular formula is C11H7F3N2O3. The van der Waals surface area contributed by atoms with Crippen LogP contribution in [0, 0.1) is 6.92 Å². The molecule has 0 spiro atoms. The number of urea groups is 1. The van der Waals surface area contributed by atoms with E-state index in [1.54, 1.807) is 5.32 Å². The van der Waals surface area contributed by atoms with Gasteiger partial charge in [-0.15, -0.1) is 0 Å². The van der Waals surface area contributed by atoms with Crippen molar-refractivity contribution in [3.63, 3.8) is 0 Å². The van der Waals surface area contributed by atoms with Gasteiger partial charge in [0.1, 0.15) is 0 Å². The maximum Gasteiger partial charge on any atom is 0.416 e. The molecule has 0 saturated carbocycles. The lowest BCUT2D eigenvalue weighted by atomic mass is 10.1.